The Morgan fingerprint density at radius 3 is 2.05 bits per heavy atom. The number of rotatable bonds is 3. The van der Waals surface area contributed by atoms with Crippen LogP contribution in [0.25, 0.3) is 0 Å². The van der Waals surface area contributed by atoms with Gasteiger partial charge in [-0.15, -0.1) is 0 Å². The summed E-state index contributed by atoms with van der Waals surface area (Å²) in [7, 11) is 0. The summed E-state index contributed by atoms with van der Waals surface area (Å²) in [5.41, 5.74) is 6.41. The standard InChI is InChI=1S/C16H33N3/c1-16(2,3)19-11-9-18(10-12-19)15(13-17)14-7-5-4-6-8-14/h14-15H,4-13,17H2,1-3H3. The van der Waals surface area contributed by atoms with Gasteiger partial charge in [0.25, 0.3) is 0 Å². The van der Waals surface area contributed by atoms with Gasteiger partial charge in [-0.2, -0.15) is 0 Å². The fraction of sp³-hybridized carbons (Fsp3) is 1.00. The van der Waals surface area contributed by atoms with E-state index in [0.29, 0.717) is 11.6 Å². The second kappa shape index (κ2) is 6.55. The minimum atomic E-state index is 0.315. The molecule has 0 aromatic heterocycles. The number of nitrogens with zero attached hydrogens (tertiary/aromatic N) is 2. The van der Waals surface area contributed by atoms with Gasteiger partial charge in [-0.25, -0.2) is 0 Å². The largest absolute Gasteiger partial charge is 0.329 e. The first-order valence-electron chi connectivity index (χ1n) is 8.21. The zero-order valence-electron chi connectivity index (χ0n) is 13.2. The summed E-state index contributed by atoms with van der Waals surface area (Å²) < 4.78 is 0. The van der Waals surface area contributed by atoms with E-state index in [1.54, 1.807) is 0 Å². The Balaban J connectivity index is 1.87. The first-order valence-corrected chi connectivity index (χ1v) is 8.21. The summed E-state index contributed by atoms with van der Waals surface area (Å²) in [5.74, 6) is 0.861. The molecule has 1 heterocycles. The Morgan fingerprint density at radius 2 is 1.58 bits per heavy atom. The van der Waals surface area contributed by atoms with Gasteiger partial charge in [0, 0.05) is 44.3 Å². The van der Waals surface area contributed by atoms with Crippen molar-refractivity contribution in [1.29, 1.82) is 0 Å². The average molecular weight is 267 g/mol. The SMILES string of the molecule is CC(C)(C)N1CCN(C(CN)C2CCCCC2)CC1. The van der Waals surface area contributed by atoms with E-state index in [1.165, 1.54) is 58.3 Å². The van der Waals surface area contributed by atoms with E-state index in [1.807, 2.05) is 0 Å². The highest BCUT2D eigenvalue weighted by Crippen LogP contribution is 2.29. The normalized spacial score (nSPS) is 26.5. The Kier molecular flexibility index (Phi) is 5.27. The van der Waals surface area contributed by atoms with Crippen molar-refractivity contribution in [3.05, 3.63) is 0 Å². The lowest BCUT2D eigenvalue weighted by molar-refractivity contribution is 0.0239. The fourth-order valence-electron chi connectivity index (χ4n) is 3.88. The smallest absolute Gasteiger partial charge is 0.0247 e. The van der Waals surface area contributed by atoms with Crippen LogP contribution in [0.2, 0.25) is 0 Å². The molecule has 1 saturated heterocycles. The molecule has 0 radical (unpaired) electrons. The number of hydrogen-bond acceptors (Lipinski definition) is 3. The van der Waals surface area contributed by atoms with Crippen LogP contribution in [0.4, 0.5) is 0 Å². The quantitative estimate of drug-likeness (QED) is 0.852. The maximum Gasteiger partial charge on any atom is 0.0247 e. The second-order valence-corrected chi connectivity index (χ2v) is 7.39. The number of piperazine rings is 1. The summed E-state index contributed by atoms with van der Waals surface area (Å²) >= 11 is 0. The van der Waals surface area contributed by atoms with E-state index in [2.05, 4.69) is 30.6 Å². The van der Waals surface area contributed by atoms with Crippen molar-refractivity contribution in [2.75, 3.05) is 32.7 Å². The number of nitrogens with two attached hydrogens (primary N) is 1. The molecule has 2 fully saturated rings. The number of hydrogen-bond donors (Lipinski definition) is 1. The first kappa shape index (κ1) is 15.3. The van der Waals surface area contributed by atoms with Gasteiger partial charge in [-0.3, -0.25) is 9.80 Å². The van der Waals surface area contributed by atoms with E-state index in [0.717, 1.165) is 12.5 Å². The lowest BCUT2D eigenvalue weighted by Gasteiger charge is -2.46. The predicted molar refractivity (Wildman–Crippen MR) is 82.3 cm³/mol. The van der Waals surface area contributed by atoms with Gasteiger partial charge in [0.2, 0.25) is 0 Å². The molecule has 0 amide bonds. The molecule has 1 aliphatic carbocycles. The maximum atomic E-state index is 6.10. The summed E-state index contributed by atoms with van der Waals surface area (Å²) in [4.78, 5) is 5.29. The molecule has 0 aromatic rings. The van der Waals surface area contributed by atoms with E-state index >= 15 is 0 Å². The third-order valence-electron chi connectivity index (χ3n) is 5.17. The second-order valence-electron chi connectivity index (χ2n) is 7.39. The highest BCUT2D eigenvalue weighted by Gasteiger charge is 2.32. The summed E-state index contributed by atoms with van der Waals surface area (Å²) in [6.07, 6.45) is 7.08. The molecule has 1 saturated carbocycles. The zero-order chi connectivity index (χ0) is 13.9. The van der Waals surface area contributed by atoms with Crippen LogP contribution in [0.5, 0.6) is 0 Å². The Bertz CT molecular complexity index is 258. The Labute approximate surface area is 119 Å². The molecule has 19 heavy (non-hydrogen) atoms. The van der Waals surface area contributed by atoms with Crippen LogP contribution in [0, 0.1) is 5.92 Å². The molecule has 0 bridgehead atoms. The van der Waals surface area contributed by atoms with Crippen molar-refractivity contribution < 1.29 is 0 Å². The van der Waals surface area contributed by atoms with Crippen molar-refractivity contribution in [2.45, 2.75) is 64.5 Å². The molecule has 0 spiro atoms. The molecule has 1 unspecified atom stereocenters. The van der Waals surface area contributed by atoms with E-state index < -0.39 is 0 Å². The van der Waals surface area contributed by atoms with Gasteiger partial charge < -0.3 is 5.73 Å². The molecule has 3 heteroatoms. The van der Waals surface area contributed by atoms with Crippen molar-refractivity contribution in [3.8, 4) is 0 Å². The molecule has 0 aromatic carbocycles. The summed E-state index contributed by atoms with van der Waals surface area (Å²) in [6.45, 7) is 12.6. The van der Waals surface area contributed by atoms with Crippen molar-refractivity contribution in [2.24, 2.45) is 11.7 Å². The Hall–Kier alpha value is -0.120. The fourth-order valence-corrected chi connectivity index (χ4v) is 3.88. The van der Waals surface area contributed by atoms with Crippen molar-refractivity contribution in [3.63, 3.8) is 0 Å². The minimum Gasteiger partial charge on any atom is -0.329 e. The van der Waals surface area contributed by atoms with Gasteiger partial charge in [0.05, 0.1) is 0 Å². The third kappa shape index (κ3) is 3.93. The van der Waals surface area contributed by atoms with Crippen LogP contribution >= 0.6 is 0 Å². The minimum absolute atomic E-state index is 0.315. The lowest BCUT2D eigenvalue weighted by Crippen LogP contribution is -2.58. The van der Waals surface area contributed by atoms with E-state index in [4.69, 9.17) is 5.73 Å². The van der Waals surface area contributed by atoms with Crippen LogP contribution in [0.3, 0.4) is 0 Å². The molecular formula is C16H33N3. The van der Waals surface area contributed by atoms with Crippen LogP contribution in [-0.2, 0) is 0 Å². The summed E-state index contributed by atoms with van der Waals surface area (Å²) in [5, 5.41) is 0. The predicted octanol–water partition coefficient (Wildman–Crippen LogP) is 2.31. The summed E-state index contributed by atoms with van der Waals surface area (Å²) in [6, 6.07) is 0.641. The zero-order valence-corrected chi connectivity index (χ0v) is 13.2. The molecule has 2 rings (SSSR count). The maximum absolute atomic E-state index is 6.10. The monoisotopic (exact) mass is 267 g/mol. The molecule has 2 aliphatic rings. The van der Waals surface area contributed by atoms with Gasteiger partial charge in [0.1, 0.15) is 0 Å². The van der Waals surface area contributed by atoms with E-state index in [9.17, 15) is 0 Å². The third-order valence-corrected chi connectivity index (χ3v) is 5.17. The molecule has 1 atom stereocenters. The highest BCUT2D eigenvalue weighted by molar-refractivity contribution is 4.88. The van der Waals surface area contributed by atoms with Crippen LogP contribution < -0.4 is 5.73 Å². The molecular weight excluding hydrogens is 234 g/mol. The van der Waals surface area contributed by atoms with Gasteiger partial charge in [-0.05, 0) is 39.5 Å². The van der Waals surface area contributed by atoms with Crippen LogP contribution in [-0.4, -0.2) is 54.1 Å². The van der Waals surface area contributed by atoms with Gasteiger partial charge in [-0.1, -0.05) is 19.3 Å². The topological polar surface area (TPSA) is 32.5 Å². The first-order chi connectivity index (χ1) is 9.02. The molecule has 2 N–H and O–H groups in total. The highest BCUT2D eigenvalue weighted by atomic mass is 15.3. The van der Waals surface area contributed by atoms with Gasteiger partial charge >= 0.3 is 0 Å². The molecule has 112 valence electrons. The average Bonchev–Trinajstić information content (AvgIpc) is 2.40. The molecule has 3 nitrogen and oxygen atoms in total. The van der Waals surface area contributed by atoms with Crippen LogP contribution in [0.1, 0.15) is 52.9 Å². The van der Waals surface area contributed by atoms with Gasteiger partial charge in [0.15, 0.2) is 0 Å². The van der Waals surface area contributed by atoms with Crippen molar-refractivity contribution >= 4 is 0 Å². The Morgan fingerprint density at radius 1 is 1.00 bits per heavy atom. The molecule has 1 aliphatic heterocycles. The van der Waals surface area contributed by atoms with E-state index in [-0.39, 0.29) is 0 Å². The lowest BCUT2D eigenvalue weighted by atomic mass is 9.83. The van der Waals surface area contributed by atoms with Crippen LogP contribution in [0.15, 0.2) is 0 Å². The van der Waals surface area contributed by atoms with Crippen molar-refractivity contribution in [1.82, 2.24) is 9.80 Å².